The number of aromatic hydroxyl groups is 1. The Morgan fingerprint density at radius 2 is 1.74 bits per heavy atom. The van der Waals surface area contributed by atoms with Gasteiger partial charge in [0.15, 0.2) is 0 Å². The van der Waals surface area contributed by atoms with Gasteiger partial charge in [0.2, 0.25) is 0 Å². The lowest BCUT2D eigenvalue weighted by atomic mass is 9.90. The van der Waals surface area contributed by atoms with Gasteiger partial charge in [-0.1, -0.05) is 50.1 Å². The maximum Gasteiger partial charge on any atom is 0.254 e. The molecule has 1 amide bonds. The monoisotopic (exact) mass is 465 g/mol. The van der Waals surface area contributed by atoms with Crippen molar-refractivity contribution < 1.29 is 9.90 Å². The van der Waals surface area contributed by atoms with Gasteiger partial charge in [0.25, 0.3) is 5.91 Å². The summed E-state index contributed by atoms with van der Waals surface area (Å²) in [6.07, 6.45) is 3.75. The van der Waals surface area contributed by atoms with Crippen molar-refractivity contribution in [2.75, 3.05) is 32.7 Å². The average Bonchev–Trinajstić information content (AvgIpc) is 2.83. The van der Waals surface area contributed by atoms with Crippen LogP contribution in [-0.4, -0.2) is 70.5 Å². The number of phenolic OH excluding ortho intramolecular Hbond substituents is 1. The Labute approximate surface area is 206 Å². The molecule has 1 N–H and O–H groups in total. The Kier molecular flexibility index (Phi) is 9.54. The summed E-state index contributed by atoms with van der Waals surface area (Å²) in [5.74, 6) is 0.332. The van der Waals surface area contributed by atoms with Crippen LogP contribution in [0.1, 0.15) is 81.4 Å². The first-order chi connectivity index (χ1) is 16.4. The topological polar surface area (TPSA) is 47.0 Å². The highest BCUT2D eigenvalue weighted by Crippen LogP contribution is 2.36. The highest BCUT2D eigenvalue weighted by molar-refractivity contribution is 5.96. The third kappa shape index (κ3) is 6.00. The highest BCUT2D eigenvalue weighted by atomic mass is 16.3. The van der Waals surface area contributed by atoms with Crippen molar-refractivity contribution >= 4 is 5.91 Å². The molecule has 1 aliphatic heterocycles. The van der Waals surface area contributed by atoms with Crippen LogP contribution in [0.25, 0.3) is 0 Å². The molecule has 1 fully saturated rings. The molecule has 0 radical (unpaired) electrons. The standard InChI is InChI=1S/C29H43N3O2/c1-6-9-12-18-31-20-23(5)32(21-22(31)4)28(24-14-13-15-25(33)19-24)26-16-10-11-17-27(26)29(34)30(7-2)8-3/h10-11,13-17,19,22-23,28,33H,6-9,12,18,20-21H2,1-5H3/t22-,23-,28+/m1/s1. The third-order valence-electron chi connectivity index (χ3n) is 7.27. The van der Waals surface area contributed by atoms with Gasteiger partial charge in [0.1, 0.15) is 5.75 Å². The van der Waals surface area contributed by atoms with E-state index < -0.39 is 0 Å². The van der Waals surface area contributed by atoms with Crippen molar-refractivity contribution in [2.45, 2.75) is 72.0 Å². The molecule has 0 aromatic heterocycles. The first-order valence-corrected chi connectivity index (χ1v) is 13.1. The van der Waals surface area contributed by atoms with Gasteiger partial charge >= 0.3 is 0 Å². The number of benzene rings is 2. The van der Waals surface area contributed by atoms with Gasteiger partial charge in [-0.15, -0.1) is 0 Å². The zero-order chi connectivity index (χ0) is 24.7. The summed E-state index contributed by atoms with van der Waals surface area (Å²) in [5.41, 5.74) is 2.80. The van der Waals surface area contributed by atoms with Gasteiger partial charge in [0.05, 0.1) is 6.04 Å². The van der Waals surface area contributed by atoms with E-state index in [0.29, 0.717) is 25.2 Å². The lowest BCUT2D eigenvalue weighted by Gasteiger charge is -2.48. The first-order valence-electron chi connectivity index (χ1n) is 13.1. The molecular weight excluding hydrogens is 422 g/mol. The molecule has 0 bridgehead atoms. The molecule has 186 valence electrons. The minimum Gasteiger partial charge on any atom is -0.508 e. The number of hydrogen-bond donors (Lipinski definition) is 1. The SMILES string of the molecule is CCCCCN1C[C@@H](C)N([C@@H](c2cccc(O)c2)c2ccccc2C(=O)N(CC)CC)C[C@H]1C. The van der Waals surface area contributed by atoms with Gasteiger partial charge < -0.3 is 10.0 Å². The van der Waals surface area contributed by atoms with E-state index in [0.717, 1.165) is 36.3 Å². The number of piperazine rings is 1. The van der Waals surface area contributed by atoms with Crippen molar-refractivity contribution in [3.63, 3.8) is 0 Å². The molecule has 1 aliphatic rings. The van der Waals surface area contributed by atoms with Crippen LogP contribution < -0.4 is 0 Å². The number of phenols is 1. The summed E-state index contributed by atoms with van der Waals surface area (Å²) in [7, 11) is 0. The van der Waals surface area contributed by atoms with Crippen LogP contribution in [0.2, 0.25) is 0 Å². The Morgan fingerprint density at radius 3 is 2.41 bits per heavy atom. The lowest BCUT2D eigenvalue weighted by molar-refractivity contribution is 0.0229. The van der Waals surface area contributed by atoms with E-state index >= 15 is 0 Å². The Hall–Kier alpha value is -2.37. The fourth-order valence-electron chi connectivity index (χ4n) is 5.32. The van der Waals surface area contributed by atoms with Crippen LogP contribution in [-0.2, 0) is 0 Å². The quantitative estimate of drug-likeness (QED) is 0.468. The Morgan fingerprint density at radius 1 is 1.00 bits per heavy atom. The van der Waals surface area contributed by atoms with Crippen LogP contribution in [0.4, 0.5) is 0 Å². The summed E-state index contributed by atoms with van der Waals surface area (Å²) < 4.78 is 0. The maximum absolute atomic E-state index is 13.5. The van der Waals surface area contributed by atoms with E-state index in [9.17, 15) is 9.90 Å². The molecular formula is C29H43N3O2. The smallest absolute Gasteiger partial charge is 0.254 e. The molecule has 5 nitrogen and oxygen atoms in total. The van der Waals surface area contributed by atoms with Crippen LogP contribution >= 0.6 is 0 Å². The van der Waals surface area contributed by atoms with Crippen LogP contribution in [0, 0.1) is 0 Å². The molecule has 1 heterocycles. The van der Waals surface area contributed by atoms with Crippen molar-refractivity contribution in [3.8, 4) is 5.75 Å². The molecule has 0 aliphatic carbocycles. The molecule has 2 aromatic rings. The number of rotatable bonds is 10. The summed E-state index contributed by atoms with van der Waals surface area (Å²) in [5, 5.41) is 10.3. The normalized spacial score (nSPS) is 20.3. The molecule has 2 aromatic carbocycles. The van der Waals surface area contributed by atoms with Gasteiger partial charge in [-0.25, -0.2) is 0 Å². The van der Waals surface area contributed by atoms with Crippen molar-refractivity contribution in [1.29, 1.82) is 0 Å². The summed E-state index contributed by atoms with van der Waals surface area (Å²) in [6, 6.07) is 16.2. The maximum atomic E-state index is 13.5. The minimum atomic E-state index is -0.0990. The van der Waals surface area contributed by atoms with E-state index in [2.05, 4.69) is 42.7 Å². The predicted octanol–water partition coefficient (Wildman–Crippen LogP) is 5.55. The van der Waals surface area contributed by atoms with Gasteiger partial charge in [0, 0.05) is 43.8 Å². The fourth-order valence-corrected chi connectivity index (χ4v) is 5.32. The number of nitrogens with zero attached hydrogens (tertiary/aromatic N) is 3. The summed E-state index contributed by atoms with van der Waals surface area (Å²) >= 11 is 0. The van der Waals surface area contributed by atoms with Gasteiger partial charge in [-0.3, -0.25) is 14.6 Å². The van der Waals surface area contributed by atoms with E-state index in [-0.39, 0.29) is 17.7 Å². The van der Waals surface area contributed by atoms with Crippen molar-refractivity contribution in [2.24, 2.45) is 0 Å². The van der Waals surface area contributed by atoms with Crippen LogP contribution in [0.3, 0.4) is 0 Å². The molecule has 34 heavy (non-hydrogen) atoms. The zero-order valence-electron chi connectivity index (χ0n) is 21.7. The third-order valence-corrected chi connectivity index (χ3v) is 7.27. The van der Waals surface area contributed by atoms with Crippen molar-refractivity contribution in [3.05, 3.63) is 65.2 Å². The second kappa shape index (κ2) is 12.4. The molecule has 0 unspecified atom stereocenters. The molecule has 3 atom stereocenters. The zero-order valence-corrected chi connectivity index (χ0v) is 21.7. The van der Waals surface area contributed by atoms with E-state index in [1.54, 1.807) is 6.07 Å². The van der Waals surface area contributed by atoms with Crippen LogP contribution in [0.5, 0.6) is 5.75 Å². The van der Waals surface area contributed by atoms with E-state index in [4.69, 9.17) is 0 Å². The van der Waals surface area contributed by atoms with E-state index in [1.165, 1.54) is 19.3 Å². The molecule has 0 spiro atoms. The predicted molar refractivity (Wildman–Crippen MR) is 140 cm³/mol. The number of carbonyl (C=O) groups excluding carboxylic acids is 1. The number of carbonyl (C=O) groups is 1. The second-order valence-electron chi connectivity index (χ2n) is 9.66. The van der Waals surface area contributed by atoms with E-state index in [1.807, 2.05) is 49.1 Å². The Bertz CT molecular complexity index is 927. The summed E-state index contributed by atoms with van der Waals surface area (Å²) in [4.78, 5) is 20.5. The largest absolute Gasteiger partial charge is 0.508 e. The number of hydrogen-bond acceptors (Lipinski definition) is 4. The molecule has 0 saturated carbocycles. The highest BCUT2D eigenvalue weighted by Gasteiger charge is 2.36. The average molecular weight is 466 g/mol. The minimum absolute atomic E-state index is 0.0738. The number of amides is 1. The van der Waals surface area contributed by atoms with Crippen molar-refractivity contribution in [1.82, 2.24) is 14.7 Å². The number of unbranched alkanes of at least 4 members (excludes halogenated alkanes) is 2. The Balaban J connectivity index is 2.02. The second-order valence-corrected chi connectivity index (χ2v) is 9.66. The molecule has 1 saturated heterocycles. The lowest BCUT2D eigenvalue weighted by Crippen LogP contribution is -2.57. The molecule has 5 heteroatoms. The summed E-state index contributed by atoms with van der Waals surface area (Å²) in [6.45, 7) is 15.3. The first kappa shape index (κ1) is 26.2. The molecule has 3 rings (SSSR count). The fraction of sp³-hybridized carbons (Fsp3) is 0.552. The van der Waals surface area contributed by atoms with Crippen LogP contribution in [0.15, 0.2) is 48.5 Å². The van der Waals surface area contributed by atoms with Gasteiger partial charge in [-0.05, 0) is 70.0 Å². The van der Waals surface area contributed by atoms with Gasteiger partial charge in [-0.2, -0.15) is 0 Å².